The Morgan fingerprint density at radius 1 is 1.00 bits per heavy atom. The minimum Gasteiger partial charge on any atom is -0.447 e. The number of carbonyl (C=O) groups excluding carboxylic acids is 2. The van der Waals surface area contributed by atoms with E-state index in [1.54, 1.807) is 46.2 Å². The average Bonchev–Trinajstić information content (AvgIpc) is 3.13. The molecule has 2 amide bonds. The van der Waals surface area contributed by atoms with Crippen molar-refractivity contribution in [2.75, 3.05) is 26.2 Å². The molecule has 0 aliphatic carbocycles. The number of cyclic esters (lactones) is 1. The van der Waals surface area contributed by atoms with Crippen LogP contribution in [0.2, 0.25) is 0 Å². The molecule has 2 saturated heterocycles. The van der Waals surface area contributed by atoms with Crippen molar-refractivity contribution in [2.45, 2.75) is 6.04 Å². The second-order valence-electron chi connectivity index (χ2n) is 7.24. The van der Waals surface area contributed by atoms with Gasteiger partial charge in [0.2, 0.25) is 0 Å². The molecule has 2 aliphatic heterocycles. The maximum atomic E-state index is 13.0. The van der Waals surface area contributed by atoms with Crippen LogP contribution in [0.3, 0.4) is 0 Å². The van der Waals surface area contributed by atoms with Crippen molar-refractivity contribution in [1.29, 1.82) is 0 Å². The smallest absolute Gasteiger partial charge is 0.410 e. The lowest BCUT2D eigenvalue weighted by Gasteiger charge is -2.35. The molecule has 29 heavy (non-hydrogen) atoms. The average molecular weight is 390 g/mol. The fraction of sp³-hybridized carbons (Fsp3) is 0.227. The van der Waals surface area contributed by atoms with E-state index < -0.39 is 5.63 Å². The standard InChI is InChI=1S/C22H18N2O5/c25-20(23-8-9-24-17(12-23)13-28-22(24)27)16-6-3-5-14(10-16)18-11-15-4-1-2-7-19(15)29-21(18)26/h1-7,10-11,17H,8-9,12-13H2. The Hall–Kier alpha value is -3.61. The van der Waals surface area contributed by atoms with Gasteiger partial charge in [0.05, 0.1) is 11.6 Å². The molecule has 2 aromatic carbocycles. The van der Waals surface area contributed by atoms with Gasteiger partial charge in [-0.3, -0.25) is 9.69 Å². The Balaban J connectivity index is 1.44. The van der Waals surface area contributed by atoms with E-state index in [4.69, 9.17) is 9.15 Å². The molecule has 3 aromatic rings. The maximum Gasteiger partial charge on any atom is 0.410 e. The summed E-state index contributed by atoms with van der Waals surface area (Å²) in [6, 6.07) is 16.0. The molecule has 3 heterocycles. The summed E-state index contributed by atoms with van der Waals surface area (Å²) < 4.78 is 10.5. The number of benzene rings is 2. The SMILES string of the molecule is O=C(c1cccc(-c2cc3ccccc3oc2=O)c1)N1CCN2C(=O)OCC2C1. The molecule has 0 spiro atoms. The van der Waals surface area contributed by atoms with Crippen LogP contribution in [-0.2, 0) is 4.74 Å². The lowest BCUT2D eigenvalue weighted by molar-refractivity contribution is 0.0617. The zero-order valence-corrected chi connectivity index (χ0v) is 15.5. The summed E-state index contributed by atoms with van der Waals surface area (Å²) in [6.45, 7) is 1.66. The summed E-state index contributed by atoms with van der Waals surface area (Å²) in [4.78, 5) is 40.5. The molecular formula is C22H18N2O5. The lowest BCUT2D eigenvalue weighted by atomic mass is 10.0. The summed E-state index contributed by atoms with van der Waals surface area (Å²) in [5.41, 5.74) is 1.63. The summed E-state index contributed by atoms with van der Waals surface area (Å²) in [7, 11) is 0. The second-order valence-corrected chi connectivity index (χ2v) is 7.24. The van der Waals surface area contributed by atoms with Crippen molar-refractivity contribution < 1.29 is 18.7 Å². The predicted octanol–water partition coefficient (Wildman–Crippen LogP) is 2.74. The van der Waals surface area contributed by atoms with Crippen LogP contribution < -0.4 is 5.63 Å². The van der Waals surface area contributed by atoms with E-state index in [0.29, 0.717) is 48.5 Å². The molecule has 2 fully saturated rings. The normalized spacial score (nSPS) is 18.6. The molecule has 146 valence electrons. The first-order chi connectivity index (χ1) is 14.1. The molecule has 5 rings (SSSR count). The number of hydrogen-bond acceptors (Lipinski definition) is 5. The van der Waals surface area contributed by atoms with Gasteiger partial charge < -0.3 is 14.1 Å². The fourth-order valence-electron chi connectivity index (χ4n) is 3.94. The summed E-state index contributed by atoms with van der Waals surface area (Å²) in [6.07, 6.45) is -0.313. The van der Waals surface area contributed by atoms with Crippen LogP contribution in [-0.4, -0.2) is 54.1 Å². The Labute approximate surface area is 166 Å². The number of piperazine rings is 1. The fourth-order valence-corrected chi connectivity index (χ4v) is 3.94. The highest BCUT2D eigenvalue weighted by Gasteiger charge is 2.38. The Bertz CT molecular complexity index is 1190. The quantitative estimate of drug-likeness (QED) is 0.629. The van der Waals surface area contributed by atoms with Crippen molar-refractivity contribution in [3.8, 4) is 11.1 Å². The Morgan fingerprint density at radius 2 is 1.86 bits per heavy atom. The zero-order valence-electron chi connectivity index (χ0n) is 15.5. The number of amides is 2. The van der Waals surface area contributed by atoms with Crippen molar-refractivity contribution in [2.24, 2.45) is 0 Å². The molecule has 1 atom stereocenters. The number of fused-ring (bicyclic) bond motifs is 2. The molecule has 7 nitrogen and oxygen atoms in total. The first kappa shape index (κ1) is 17.5. The largest absolute Gasteiger partial charge is 0.447 e. The first-order valence-corrected chi connectivity index (χ1v) is 9.46. The summed E-state index contributed by atoms with van der Waals surface area (Å²) in [5.74, 6) is -0.129. The number of ether oxygens (including phenoxy) is 1. The van der Waals surface area contributed by atoms with Gasteiger partial charge in [-0.1, -0.05) is 30.3 Å². The minimum absolute atomic E-state index is 0.101. The number of carbonyl (C=O) groups is 2. The van der Waals surface area contributed by atoms with Crippen molar-refractivity contribution in [1.82, 2.24) is 9.80 Å². The number of rotatable bonds is 2. The maximum absolute atomic E-state index is 13.0. The van der Waals surface area contributed by atoms with Gasteiger partial charge in [-0.05, 0) is 29.8 Å². The van der Waals surface area contributed by atoms with Crippen LogP contribution in [0.4, 0.5) is 4.79 Å². The van der Waals surface area contributed by atoms with Gasteiger partial charge >= 0.3 is 11.7 Å². The summed E-state index contributed by atoms with van der Waals surface area (Å²) >= 11 is 0. The molecule has 0 bridgehead atoms. The second kappa shape index (κ2) is 6.77. The van der Waals surface area contributed by atoms with E-state index in [1.165, 1.54) is 0 Å². The zero-order chi connectivity index (χ0) is 20.0. The number of nitrogens with zero attached hydrogens (tertiary/aromatic N) is 2. The highest BCUT2D eigenvalue weighted by Crippen LogP contribution is 2.24. The van der Waals surface area contributed by atoms with Crippen molar-refractivity contribution in [3.63, 3.8) is 0 Å². The van der Waals surface area contributed by atoms with Crippen LogP contribution in [0.15, 0.2) is 63.8 Å². The lowest BCUT2D eigenvalue weighted by Crippen LogP contribution is -2.53. The molecule has 0 N–H and O–H groups in total. The van der Waals surface area contributed by atoms with Gasteiger partial charge in [-0.15, -0.1) is 0 Å². The van der Waals surface area contributed by atoms with Gasteiger partial charge in [0.1, 0.15) is 12.2 Å². The van der Waals surface area contributed by atoms with Crippen LogP contribution >= 0.6 is 0 Å². The predicted molar refractivity (Wildman–Crippen MR) is 106 cm³/mol. The third-order valence-electron chi connectivity index (χ3n) is 5.47. The van der Waals surface area contributed by atoms with Crippen LogP contribution in [0, 0.1) is 0 Å². The van der Waals surface area contributed by atoms with Crippen LogP contribution in [0.25, 0.3) is 22.1 Å². The monoisotopic (exact) mass is 390 g/mol. The molecule has 0 radical (unpaired) electrons. The molecule has 1 aromatic heterocycles. The third-order valence-corrected chi connectivity index (χ3v) is 5.47. The highest BCUT2D eigenvalue weighted by atomic mass is 16.6. The minimum atomic E-state index is -0.441. The molecule has 0 saturated carbocycles. The van der Waals surface area contributed by atoms with E-state index in [0.717, 1.165) is 5.39 Å². The third kappa shape index (κ3) is 3.04. The topological polar surface area (TPSA) is 80.1 Å². The molecule has 1 unspecified atom stereocenters. The molecule has 2 aliphatic rings. The molecule has 7 heteroatoms. The van der Waals surface area contributed by atoms with Crippen LogP contribution in [0.1, 0.15) is 10.4 Å². The molecular weight excluding hydrogens is 372 g/mol. The van der Waals surface area contributed by atoms with E-state index >= 15 is 0 Å². The van der Waals surface area contributed by atoms with E-state index in [9.17, 15) is 14.4 Å². The van der Waals surface area contributed by atoms with Gasteiger partial charge in [-0.25, -0.2) is 9.59 Å². The van der Waals surface area contributed by atoms with E-state index in [1.807, 2.05) is 18.2 Å². The van der Waals surface area contributed by atoms with Crippen molar-refractivity contribution >= 4 is 23.0 Å². The Morgan fingerprint density at radius 3 is 2.76 bits per heavy atom. The number of para-hydroxylation sites is 1. The van der Waals surface area contributed by atoms with Crippen molar-refractivity contribution in [3.05, 3.63) is 70.6 Å². The van der Waals surface area contributed by atoms with Gasteiger partial charge in [0, 0.05) is 30.6 Å². The first-order valence-electron chi connectivity index (χ1n) is 9.46. The van der Waals surface area contributed by atoms with Gasteiger partial charge in [0.25, 0.3) is 5.91 Å². The Kier molecular flexibility index (Phi) is 4.08. The number of hydrogen-bond donors (Lipinski definition) is 0. The summed E-state index contributed by atoms with van der Waals surface area (Å²) in [5, 5.41) is 0.820. The van der Waals surface area contributed by atoms with E-state index in [2.05, 4.69) is 0 Å². The van der Waals surface area contributed by atoms with Gasteiger partial charge in [-0.2, -0.15) is 0 Å². The highest BCUT2D eigenvalue weighted by molar-refractivity contribution is 5.96. The van der Waals surface area contributed by atoms with Gasteiger partial charge in [0.15, 0.2) is 0 Å². The van der Waals surface area contributed by atoms with E-state index in [-0.39, 0.29) is 18.0 Å². The van der Waals surface area contributed by atoms with Crippen LogP contribution in [0.5, 0.6) is 0 Å².